The first kappa shape index (κ1) is 15.7. The summed E-state index contributed by atoms with van der Waals surface area (Å²) in [4.78, 5) is 16.5. The molecule has 0 saturated carbocycles. The zero-order valence-electron chi connectivity index (χ0n) is 12.9. The van der Waals surface area contributed by atoms with E-state index in [0.29, 0.717) is 6.04 Å². The highest BCUT2D eigenvalue weighted by Gasteiger charge is 2.25. The van der Waals surface area contributed by atoms with Crippen molar-refractivity contribution in [2.45, 2.75) is 44.8 Å². The van der Waals surface area contributed by atoms with E-state index in [1.165, 1.54) is 19.4 Å². The van der Waals surface area contributed by atoms with Gasteiger partial charge in [0.1, 0.15) is 6.61 Å². The number of hydrogen-bond donors (Lipinski definition) is 1. The molecule has 116 valence electrons. The molecule has 5 heteroatoms. The third-order valence-corrected chi connectivity index (χ3v) is 4.54. The number of likely N-dealkylation sites (N-methyl/N-ethyl adjacent to an activating group) is 2. The number of carbonyl (C=O) groups excluding carboxylic acids is 1. The zero-order valence-corrected chi connectivity index (χ0v) is 12.9. The Morgan fingerprint density at radius 3 is 2.80 bits per heavy atom. The molecule has 2 heterocycles. The first-order valence-corrected chi connectivity index (χ1v) is 8.01. The van der Waals surface area contributed by atoms with Crippen molar-refractivity contribution in [2.24, 2.45) is 0 Å². The summed E-state index contributed by atoms with van der Waals surface area (Å²) >= 11 is 0. The van der Waals surface area contributed by atoms with Crippen LogP contribution in [0.3, 0.4) is 0 Å². The molecule has 0 aromatic rings. The molecule has 1 N–H and O–H groups in total. The Hall–Kier alpha value is -0.650. The van der Waals surface area contributed by atoms with Gasteiger partial charge in [-0.1, -0.05) is 6.92 Å². The van der Waals surface area contributed by atoms with E-state index in [-0.39, 0.29) is 18.6 Å². The highest BCUT2D eigenvalue weighted by Crippen LogP contribution is 2.17. The second-order valence-electron chi connectivity index (χ2n) is 5.96. The Kier molecular flexibility index (Phi) is 6.26. The van der Waals surface area contributed by atoms with Crippen molar-refractivity contribution in [1.29, 1.82) is 0 Å². The molecule has 1 unspecified atom stereocenters. The van der Waals surface area contributed by atoms with Gasteiger partial charge in [-0.2, -0.15) is 0 Å². The van der Waals surface area contributed by atoms with Crippen LogP contribution in [-0.4, -0.2) is 74.2 Å². The summed E-state index contributed by atoms with van der Waals surface area (Å²) in [6.45, 7) is 7.53. The fourth-order valence-corrected chi connectivity index (χ4v) is 3.20. The number of likely N-dealkylation sites (tertiary alicyclic amines) is 1. The van der Waals surface area contributed by atoms with E-state index in [1.54, 1.807) is 0 Å². The summed E-state index contributed by atoms with van der Waals surface area (Å²) in [5.41, 5.74) is 0. The van der Waals surface area contributed by atoms with E-state index in [4.69, 9.17) is 4.74 Å². The van der Waals surface area contributed by atoms with E-state index >= 15 is 0 Å². The fourth-order valence-electron chi connectivity index (χ4n) is 3.20. The molecule has 1 amide bonds. The molecule has 2 aliphatic rings. The minimum Gasteiger partial charge on any atom is -0.368 e. The second kappa shape index (κ2) is 7.96. The van der Waals surface area contributed by atoms with Crippen LogP contribution in [0.5, 0.6) is 0 Å². The van der Waals surface area contributed by atoms with Gasteiger partial charge in [0.2, 0.25) is 5.91 Å². The predicted octanol–water partition coefficient (Wildman–Crippen LogP) is 0.698. The van der Waals surface area contributed by atoms with E-state index in [2.05, 4.69) is 17.1 Å². The quantitative estimate of drug-likeness (QED) is 0.779. The summed E-state index contributed by atoms with van der Waals surface area (Å²) < 4.78 is 5.74. The van der Waals surface area contributed by atoms with Gasteiger partial charge in [-0.15, -0.1) is 0 Å². The fraction of sp³-hybridized carbons (Fsp3) is 0.933. The largest absolute Gasteiger partial charge is 0.368 e. The van der Waals surface area contributed by atoms with E-state index in [0.717, 1.165) is 39.0 Å². The number of carbonyl (C=O) groups is 1. The zero-order chi connectivity index (χ0) is 14.4. The van der Waals surface area contributed by atoms with Crippen molar-refractivity contribution in [3.05, 3.63) is 0 Å². The molecule has 0 spiro atoms. The monoisotopic (exact) mass is 283 g/mol. The Balaban J connectivity index is 1.68. The van der Waals surface area contributed by atoms with Crippen molar-refractivity contribution in [3.8, 4) is 0 Å². The van der Waals surface area contributed by atoms with Crippen molar-refractivity contribution >= 4 is 5.91 Å². The van der Waals surface area contributed by atoms with Gasteiger partial charge in [-0.25, -0.2) is 0 Å². The summed E-state index contributed by atoms with van der Waals surface area (Å²) in [5, 5.41) is 3.30. The molecular weight excluding hydrogens is 254 g/mol. The maximum atomic E-state index is 12.1. The highest BCUT2D eigenvalue weighted by atomic mass is 16.5. The smallest absolute Gasteiger partial charge is 0.248 e. The third kappa shape index (κ3) is 4.43. The van der Waals surface area contributed by atoms with Crippen LogP contribution in [0.4, 0.5) is 0 Å². The van der Waals surface area contributed by atoms with Gasteiger partial charge >= 0.3 is 0 Å². The van der Waals surface area contributed by atoms with Gasteiger partial charge in [-0.3, -0.25) is 9.69 Å². The van der Waals surface area contributed by atoms with Crippen molar-refractivity contribution in [1.82, 2.24) is 15.1 Å². The van der Waals surface area contributed by atoms with E-state index in [9.17, 15) is 4.79 Å². The van der Waals surface area contributed by atoms with Gasteiger partial charge in [0.25, 0.3) is 0 Å². The number of amides is 1. The topological polar surface area (TPSA) is 44.8 Å². The molecule has 2 saturated heterocycles. The average Bonchev–Trinajstić information content (AvgIpc) is 2.93. The molecule has 0 bridgehead atoms. The lowest BCUT2D eigenvalue weighted by molar-refractivity contribution is -0.138. The van der Waals surface area contributed by atoms with Crippen molar-refractivity contribution < 1.29 is 9.53 Å². The molecule has 1 atom stereocenters. The minimum absolute atomic E-state index is 0.117. The van der Waals surface area contributed by atoms with Gasteiger partial charge in [0, 0.05) is 19.6 Å². The van der Waals surface area contributed by atoms with E-state index in [1.807, 2.05) is 11.9 Å². The summed E-state index contributed by atoms with van der Waals surface area (Å²) in [5.74, 6) is 0.117. The Bertz CT molecular complexity index is 305. The van der Waals surface area contributed by atoms with Crippen LogP contribution >= 0.6 is 0 Å². The first-order chi connectivity index (χ1) is 9.70. The van der Waals surface area contributed by atoms with Crippen LogP contribution in [0, 0.1) is 0 Å². The van der Waals surface area contributed by atoms with Crippen molar-refractivity contribution in [3.63, 3.8) is 0 Å². The molecule has 20 heavy (non-hydrogen) atoms. The lowest BCUT2D eigenvalue weighted by Crippen LogP contribution is -2.43. The summed E-state index contributed by atoms with van der Waals surface area (Å²) in [6.07, 6.45) is 4.76. The van der Waals surface area contributed by atoms with Gasteiger partial charge in [-0.05, 0) is 51.9 Å². The second-order valence-corrected chi connectivity index (χ2v) is 5.96. The van der Waals surface area contributed by atoms with Crippen LogP contribution in [0.15, 0.2) is 0 Å². The maximum Gasteiger partial charge on any atom is 0.248 e. The Labute approximate surface area is 122 Å². The normalized spacial score (nSPS) is 25.0. The standard InChI is InChI=1S/C15H29N3O2/c1-3-18-10-4-5-13(18)11-17(2)15(19)12-20-14-6-8-16-9-7-14/h13-14,16H,3-12H2,1-2H3. The SMILES string of the molecule is CCN1CCCC1CN(C)C(=O)COC1CCNCC1. The van der Waals surface area contributed by atoms with Crippen molar-refractivity contribution in [2.75, 3.05) is 46.4 Å². The summed E-state index contributed by atoms with van der Waals surface area (Å²) in [6, 6.07) is 0.535. The summed E-state index contributed by atoms with van der Waals surface area (Å²) in [7, 11) is 1.90. The number of piperidine rings is 1. The van der Waals surface area contributed by atoms with E-state index < -0.39 is 0 Å². The number of rotatable bonds is 6. The molecular formula is C15H29N3O2. The average molecular weight is 283 g/mol. The lowest BCUT2D eigenvalue weighted by Gasteiger charge is -2.28. The molecule has 5 nitrogen and oxygen atoms in total. The third-order valence-electron chi connectivity index (χ3n) is 4.54. The van der Waals surface area contributed by atoms with Crippen LogP contribution in [0.2, 0.25) is 0 Å². The molecule has 2 aliphatic heterocycles. The highest BCUT2D eigenvalue weighted by molar-refractivity contribution is 5.77. The minimum atomic E-state index is 0.117. The molecule has 2 rings (SSSR count). The number of hydrogen-bond acceptors (Lipinski definition) is 4. The maximum absolute atomic E-state index is 12.1. The Morgan fingerprint density at radius 2 is 2.10 bits per heavy atom. The van der Waals surface area contributed by atoms with Gasteiger partial charge < -0.3 is 15.0 Å². The lowest BCUT2D eigenvalue weighted by atomic mass is 10.1. The first-order valence-electron chi connectivity index (χ1n) is 8.01. The van der Waals surface area contributed by atoms with Crippen LogP contribution < -0.4 is 5.32 Å². The molecule has 0 aromatic heterocycles. The van der Waals surface area contributed by atoms with Crippen LogP contribution in [0.25, 0.3) is 0 Å². The molecule has 0 aliphatic carbocycles. The number of ether oxygens (including phenoxy) is 1. The van der Waals surface area contributed by atoms with Crippen LogP contribution in [0.1, 0.15) is 32.6 Å². The predicted molar refractivity (Wildman–Crippen MR) is 79.7 cm³/mol. The van der Waals surface area contributed by atoms with Crippen LogP contribution in [-0.2, 0) is 9.53 Å². The molecule has 0 radical (unpaired) electrons. The molecule has 2 fully saturated rings. The number of nitrogens with zero attached hydrogens (tertiary/aromatic N) is 2. The molecule has 0 aromatic carbocycles. The van der Waals surface area contributed by atoms with Gasteiger partial charge in [0.15, 0.2) is 0 Å². The number of nitrogens with one attached hydrogen (secondary N) is 1. The van der Waals surface area contributed by atoms with Gasteiger partial charge in [0.05, 0.1) is 6.10 Å². The Morgan fingerprint density at radius 1 is 1.35 bits per heavy atom.